The Balaban J connectivity index is 1.56. The molecular weight excluding hydrogens is 192 g/mol. The summed E-state index contributed by atoms with van der Waals surface area (Å²) >= 11 is 0. The van der Waals surface area contributed by atoms with Crippen LogP contribution in [0.1, 0.15) is 12.8 Å². The summed E-state index contributed by atoms with van der Waals surface area (Å²) in [6.07, 6.45) is 3.21. The van der Waals surface area contributed by atoms with Crippen molar-refractivity contribution in [3.05, 3.63) is 0 Å². The van der Waals surface area contributed by atoms with Crippen LogP contribution in [0.3, 0.4) is 0 Å². The van der Waals surface area contributed by atoms with Crippen molar-refractivity contribution in [2.75, 3.05) is 46.4 Å². The molecule has 4 heteroatoms. The molecular formula is C11H22N2O2. The number of hydrogen-bond donors (Lipinski definition) is 1. The van der Waals surface area contributed by atoms with E-state index in [4.69, 9.17) is 9.47 Å². The molecule has 2 atom stereocenters. The number of nitrogens with zero attached hydrogens (tertiary/aromatic N) is 1. The van der Waals surface area contributed by atoms with Gasteiger partial charge >= 0.3 is 0 Å². The minimum absolute atomic E-state index is 0.352. The fourth-order valence-corrected chi connectivity index (χ4v) is 2.20. The predicted molar refractivity (Wildman–Crippen MR) is 59.1 cm³/mol. The summed E-state index contributed by atoms with van der Waals surface area (Å²) in [7, 11) is 2.15. The van der Waals surface area contributed by atoms with E-state index in [1.54, 1.807) is 0 Å². The van der Waals surface area contributed by atoms with Crippen LogP contribution in [0.25, 0.3) is 0 Å². The van der Waals surface area contributed by atoms with Crippen molar-refractivity contribution in [3.63, 3.8) is 0 Å². The van der Waals surface area contributed by atoms with Crippen molar-refractivity contribution in [1.82, 2.24) is 10.2 Å². The van der Waals surface area contributed by atoms with Crippen molar-refractivity contribution < 1.29 is 9.47 Å². The Morgan fingerprint density at radius 1 is 1.20 bits per heavy atom. The first-order valence-corrected chi connectivity index (χ1v) is 5.97. The molecule has 2 saturated heterocycles. The number of likely N-dealkylation sites (N-methyl/N-ethyl adjacent to an activating group) is 1. The summed E-state index contributed by atoms with van der Waals surface area (Å²) in [6.45, 7) is 5.83. The van der Waals surface area contributed by atoms with E-state index in [-0.39, 0.29) is 0 Å². The summed E-state index contributed by atoms with van der Waals surface area (Å²) in [6, 6.07) is 0. The summed E-state index contributed by atoms with van der Waals surface area (Å²) in [4.78, 5) is 2.32. The first-order chi connectivity index (χ1) is 7.34. The number of nitrogens with one attached hydrogen (secondary N) is 1. The standard InChI is InChI=1S/C11H22N2O2/c1-13-4-6-15-11(9-13)8-12-7-10-3-2-5-14-10/h10-12H,2-9H2,1H3. The molecule has 2 aliphatic heterocycles. The van der Waals surface area contributed by atoms with Gasteiger partial charge in [0.1, 0.15) is 0 Å². The lowest BCUT2D eigenvalue weighted by atomic mass is 10.2. The molecule has 88 valence electrons. The van der Waals surface area contributed by atoms with Gasteiger partial charge in [-0.1, -0.05) is 0 Å². The SMILES string of the molecule is CN1CCOC(CNCC2CCCO2)C1. The molecule has 0 aromatic carbocycles. The first-order valence-electron chi connectivity index (χ1n) is 5.97. The molecule has 2 heterocycles. The lowest BCUT2D eigenvalue weighted by Gasteiger charge is -2.30. The van der Waals surface area contributed by atoms with Crippen LogP contribution in [0.2, 0.25) is 0 Å². The van der Waals surface area contributed by atoms with Crippen molar-refractivity contribution in [1.29, 1.82) is 0 Å². The van der Waals surface area contributed by atoms with Crippen LogP contribution in [0.4, 0.5) is 0 Å². The van der Waals surface area contributed by atoms with Gasteiger partial charge in [-0.05, 0) is 19.9 Å². The average molecular weight is 214 g/mol. The smallest absolute Gasteiger partial charge is 0.0826 e. The zero-order valence-electron chi connectivity index (χ0n) is 9.58. The predicted octanol–water partition coefficient (Wildman–Crippen LogP) is 0.0856. The minimum Gasteiger partial charge on any atom is -0.377 e. The van der Waals surface area contributed by atoms with Crippen molar-refractivity contribution in [2.45, 2.75) is 25.0 Å². The fourth-order valence-electron chi connectivity index (χ4n) is 2.20. The normalized spacial score (nSPS) is 33.4. The molecule has 4 nitrogen and oxygen atoms in total. The first kappa shape index (κ1) is 11.3. The molecule has 2 fully saturated rings. The van der Waals surface area contributed by atoms with Crippen molar-refractivity contribution in [2.24, 2.45) is 0 Å². The molecule has 0 aromatic heterocycles. The van der Waals surface area contributed by atoms with Gasteiger partial charge in [0.25, 0.3) is 0 Å². The van der Waals surface area contributed by atoms with Gasteiger partial charge in [-0.3, -0.25) is 0 Å². The van der Waals surface area contributed by atoms with Crippen LogP contribution in [0.5, 0.6) is 0 Å². The zero-order valence-corrected chi connectivity index (χ0v) is 9.58. The Morgan fingerprint density at radius 2 is 2.00 bits per heavy atom. The fraction of sp³-hybridized carbons (Fsp3) is 1.00. The third-order valence-electron chi connectivity index (χ3n) is 3.11. The van der Waals surface area contributed by atoms with Crippen LogP contribution in [-0.4, -0.2) is 63.5 Å². The van der Waals surface area contributed by atoms with E-state index in [0.29, 0.717) is 12.2 Å². The molecule has 0 radical (unpaired) electrons. The summed E-state index contributed by atoms with van der Waals surface area (Å²) in [5.74, 6) is 0. The monoisotopic (exact) mass is 214 g/mol. The number of rotatable bonds is 4. The lowest BCUT2D eigenvalue weighted by molar-refractivity contribution is -0.0194. The highest BCUT2D eigenvalue weighted by atomic mass is 16.5. The van der Waals surface area contributed by atoms with E-state index in [1.165, 1.54) is 12.8 Å². The van der Waals surface area contributed by atoms with E-state index in [2.05, 4.69) is 17.3 Å². The van der Waals surface area contributed by atoms with E-state index in [0.717, 1.165) is 39.4 Å². The van der Waals surface area contributed by atoms with Crippen LogP contribution in [-0.2, 0) is 9.47 Å². The van der Waals surface area contributed by atoms with Gasteiger partial charge in [0.05, 0.1) is 18.8 Å². The van der Waals surface area contributed by atoms with Crippen molar-refractivity contribution in [3.8, 4) is 0 Å². The second-order valence-electron chi connectivity index (χ2n) is 4.55. The maximum absolute atomic E-state index is 5.67. The van der Waals surface area contributed by atoms with Crippen LogP contribution < -0.4 is 5.32 Å². The highest BCUT2D eigenvalue weighted by Crippen LogP contribution is 2.10. The molecule has 2 aliphatic rings. The van der Waals surface area contributed by atoms with Crippen LogP contribution in [0.15, 0.2) is 0 Å². The van der Waals surface area contributed by atoms with Gasteiger partial charge in [0.15, 0.2) is 0 Å². The second-order valence-corrected chi connectivity index (χ2v) is 4.55. The third kappa shape index (κ3) is 3.72. The molecule has 0 aliphatic carbocycles. The molecule has 1 N–H and O–H groups in total. The maximum Gasteiger partial charge on any atom is 0.0826 e. The van der Waals surface area contributed by atoms with Crippen LogP contribution in [0, 0.1) is 0 Å². The van der Waals surface area contributed by atoms with E-state index < -0.39 is 0 Å². The zero-order chi connectivity index (χ0) is 10.5. The molecule has 0 amide bonds. The molecule has 0 bridgehead atoms. The van der Waals surface area contributed by atoms with E-state index >= 15 is 0 Å². The Hall–Kier alpha value is -0.160. The van der Waals surface area contributed by atoms with Crippen LogP contribution >= 0.6 is 0 Å². The molecule has 0 aromatic rings. The Labute approximate surface area is 91.9 Å². The largest absolute Gasteiger partial charge is 0.377 e. The molecule has 2 unspecified atom stereocenters. The molecule has 15 heavy (non-hydrogen) atoms. The number of hydrogen-bond acceptors (Lipinski definition) is 4. The number of morpholine rings is 1. The van der Waals surface area contributed by atoms with Gasteiger partial charge < -0.3 is 19.7 Å². The molecule has 0 saturated carbocycles. The maximum atomic E-state index is 5.67. The van der Waals surface area contributed by atoms with Gasteiger partial charge in [-0.25, -0.2) is 0 Å². The highest BCUT2D eigenvalue weighted by molar-refractivity contribution is 4.73. The average Bonchev–Trinajstić information content (AvgIpc) is 2.71. The van der Waals surface area contributed by atoms with E-state index in [9.17, 15) is 0 Å². The quantitative estimate of drug-likeness (QED) is 0.719. The lowest BCUT2D eigenvalue weighted by Crippen LogP contribution is -2.45. The highest BCUT2D eigenvalue weighted by Gasteiger charge is 2.19. The Bertz CT molecular complexity index is 183. The van der Waals surface area contributed by atoms with Gasteiger partial charge in [-0.15, -0.1) is 0 Å². The van der Waals surface area contributed by atoms with Gasteiger partial charge in [0.2, 0.25) is 0 Å². The molecule has 0 spiro atoms. The second kappa shape index (κ2) is 5.80. The van der Waals surface area contributed by atoms with E-state index in [1.807, 2.05) is 0 Å². The summed E-state index contributed by atoms with van der Waals surface area (Å²) in [5.41, 5.74) is 0. The Morgan fingerprint density at radius 3 is 2.73 bits per heavy atom. The Kier molecular flexibility index (Phi) is 4.38. The minimum atomic E-state index is 0.352. The summed E-state index contributed by atoms with van der Waals surface area (Å²) in [5, 5.41) is 3.44. The van der Waals surface area contributed by atoms with Gasteiger partial charge in [-0.2, -0.15) is 0 Å². The third-order valence-corrected chi connectivity index (χ3v) is 3.11. The van der Waals surface area contributed by atoms with Gasteiger partial charge in [0, 0.05) is 32.8 Å². The number of ether oxygens (including phenoxy) is 2. The topological polar surface area (TPSA) is 33.7 Å². The van der Waals surface area contributed by atoms with Crippen molar-refractivity contribution >= 4 is 0 Å². The summed E-state index contributed by atoms with van der Waals surface area (Å²) < 4.78 is 11.2. The molecule has 2 rings (SSSR count).